The zero-order chi connectivity index (χ0) is 18.8. The molecule has 4 aromatic rings. The molecular weight excluding hydrogens is 364 g/mol. The van der Waals surface area contributed by atoms with Crippen LogP contribution in [-0.2, 0) is 24.3 Å². The van der Waals surface area contributed by atoms with E-state index in [4.69, 9.17) is 0 Å². The third kappa shape index (κ3) is 3.21. The molecule has 0 radical (unpaired) electrons. The SMILES string of the molecule is CCn1c(=O)c2sccc2n2c(CCC(=O)NCc3cccnc3)nnc12. The molecule has 0 saturated carbocycles. The van der Waals surface area contributed by atoms with E-state index in [0.29, 0.717) is 35.8 Å². The highest BCUT2D eigenvalue weighted by Gasteiger charge is 2.17. The first-order valence-corrected chi connectivity index (χ1v) is 9.56. The van der Waals surface area contributed by atoms with E-state index in [2.05, 4.69) is 20.5 Å². The molecule has 0 fully saturated rings. The summed E-state index contributed by atoms with van der Waals surface area (Å²) < 4.78 is 4.16. The number of hydrogen-bond donors (Lipinski definition) is 1. The molecular formula is C18H18N6O2S. The van der Waals surface area contributed by atoms with Crippen molar-refractivity contribution in [3.05, 3.63) is 57.7 Å². The first-order valence-electron chi connectivity index (χ1n) is 8.68. The highest BCUT2D eigenvalue weighted by Crippen LogP contribution is 2.20. The van der Waals surface area contributed by atoms with Gasteiger partial charge in [0.2, 0.25) is 11.7 Å². The van der Waals surface area contributed by atoms with Crippen molar-refractivity contribution >= 4 is 33.2 Å². The molecule has 1 amide bonds. The third-order valence-corrected chi connectivity index (χ3v) is 5.28. The zero-order valence-electron chi connectivity index (χ0n) is 14.8. The van der Waals surface area contributed by atoms with Gasteiger partial charge in [0.1, 0.15) is 10.5 Å². The van der Waals surface area contributed by atoms with E-state index >= 15 is 0 Å². The predicted molar refractivity (Wildman–Crippen MR) is 103 cm³/mol. The summed E-state index contributed by atoms with van der Waals surface area (Å²) in [5.74, 6) is 1.12. The molecule has 8 nitrogen and oxygen atoms in total. The summed E-state index contributed by atoms with van der Waals surface area (Å²) in [5.41, 5.74) is 1.69. The number of fused-ring (bicyclic) bond motifs is 3. The Labute approximate surface area is 158 Å². The topological polar surface area (TPSA) is 94.2 Å². The summed E-state index contributed by atoms with van der Waals surface area (Å²) in [6, 6.07) is 5.64. The van der Waals surface area contributed by atoms with Crippen LogP contribution in [0.3, 0.4) is 0 Å². The number of amides is 1. The average molecular weight is 382 g/mol. The monoisotopic (exact) mass is 382 g/mol. The van der Waals surface area contributed by atoms with Crippen molar-refractivity contribution in [2.45, 2.75) is 32.9 Å². The molecule has 4 rings (SSSR count). The van der Waals surface area contributed by atoms with Gasteiger partial charge in [0, 0.05) is 38.3 Å². The molecule has 1 N–H and O–H groups in total. The second-order valence-corrected chi connectivity index (χ2v) is 6.99. The highest BCUT2D eigenvalue weighted by molar-refractivity contribution is 7.17. The molecule has 0 aliphatic heterocycles. The van der Waals surface area contributed by atoms with Crippen LogP contribution in [0.15, 0.2) is 40.8 Å². The van der Waals surface area contributed by atoms with Crippen molar-refractivity contribution < 1.29 is 4.79 Å². The highest BCUT2D eigenvalue weighted by atomic mass is 32.1. The first kappa shape index (κ1) is 17.3. The predicted octanol–water partition coefficient (Wildman–Crippen LogP) is 1.77. The van der Waals surface area contributed by atoms with Gasteiger partial charge in [-0.25, -0.2) is 0 Å². The third-order valence-electron chi connectivity index (χ3n) is 4.38. The second kappa shape index (κ2) is 7.28. The number of aromatic nitrogens is 5. The number of carbonyl (C=O) groups is 1. The molecule has 0 atom stereocenters. The minimum Gasteiger partial charge on any atom is -0.352 e. The van der Waals surface area contributed by atoms with Gasteiger partial charge in [0.05, 0.1) is 5.52 Å². The molecule has 4 aromatic heterocycles. The van der Waals surface area contributed by atoms with E-state index in [9.17, 15) is 9.59 Å². The molecule has 0 aliphatic rings. The first-order chi connectivity index (χ1) is 13.2. The molecule has 0 unspecified atom stereocenters. The van der Waals surface area contributed by atoms with Gasteiger partial charge in [-0.15, -0.1) is 21.5 Å². The molecule has 27 heavy (non-hydrogen) atoms. The van der Waals surface area contributed by atoms with Crippen LogP contribution < -0.4 is 10.9 Å². The number of hydrogen-bond acceptors (Lipinski definition) is 6. The Bertz CT molecular complexity index is 1160. The van der Waals surface area contributed by atoms with Crippen molar-refractivity contribution in [3.63, 3.8) is 0 Å². The Morgan fingerprint density at radius 2 is 2.19 bits per heavy atom. The lowest BCUT2D eigenvalue weighted by Gasteiger charge is -2.07. The van der Waals surface area contributed by atoms with Crippen molar-refractivity contribution in [1.29, 1.82) is 0 Å². The number of nitrogens with one attached hydrogen (secondary N) is 1. The summed E-state index contributed by atoms with van der Waals surface area (Å²) >= 11 is 1.41. The van der Waals surface area contributed by atoms with E-state index in [-0.39, 0.29) is 17.9 Å². The van der Waals surface area contributed by atoms with E-state index in [1.165, 1.54) is 11.3 Å². The molecule has 9 heteroatoms. The van der Waals surface area contributed by atoms with E-state index < -0.39 is 0 Å². The van der Waals surface area contributed by atoms with Crippen LogP contribution in [0.5, 0.6) is 0 Å². The minimum atomic E-state index is -0.0685. The van der Waals surface area contributed by atoms with Crippen LogP contribution in [-0.4, -0.2) is 30.1 Å². The van der Waals surface area contributed by atoms with Gasteiger partial charge in [-0.2, -0.15) is 0 Å². The summed E-state index contributed by atoms with van der Waals surface area (Å²) in [6.45, 7) is 2.86. The Morgan fingerprint density at radius 1 is 1.30 bits per heavy atom. The van der Waals surface area contributed by atoms with Crippen LogP contribution in [0.1, 0.15) is 24.7 Å². The van der Waals surface area contributed by atoms with Crippen molar-refractivity contribution in [1.82, 2.24) is 29.5 Å². The zero-order valence-corrected chi connectivity index (χ0v) is 15.6. The van der Waals surface area contributed by atoms with Crippen LogP contribution in [0.2, 0.25) is 0 Å². The maximum Gasteiger partial charge on any atom is 0.272 e. The van der Waals surface area contributed by atoms with Crippen molar-refractivity contribution in [2.75, 3.05) is 0 Å². The quantitative estimate of drug-likeness (QED) is 0.548. The molecule has 0 aliphatic carbocycles. The largest absolute Gasteiger partial charge is 0.352 e. The minimum absolute atomic E-state index is 0.0526. The average Bonchev–Trinajstić information content (AvgIpc) is 3.33. The second-order valence-electron chi connectivity index (χ2n) is 6.07. The van der Waals surface area contributed by atoms with Gasteiger partial charge in [0.15, 0.2) is 0 Å². The Kier molecular flexibility index (Phi) is 4.68. The fraction of sp³-hybridized carbons (Fsp3) is 0.278. The van der Waals surface area contributed by atoms with E-state index in [1.807, 2.05) is 34.9 Å². The Hall–Kier alpha value is -3.07. The Morgan fingerprint density at radius 3 is 2.96 bits per heavy atom. The summed E-state index contributed by atoms with van der Waals surface area (Å²) in [5, 5.41) is 13.2. The van der Waals surface area contributed by atoms with E-state index in [0.717, 1.165) is 11.1 Å². The lowest BCUT2D eigenvalue weighted by Crippen LogP contribution is -2.24. The fourth-order valence-corrected chi connectivity index (χ4v) is 3.87. The van der Waals surface area contributed by atoms with Crippen molar-refractivity contribution in [3.8, 4) is 0 Å². The van der Waals surface area contributed by atoms with Gasteiger partial charge in [-0.05, 0) is 30.0 Å². The summed E-state index contributed by atoms with van der Waals surface area (Å²) in [7, 11) is 0. The molecule has 4 heterocycles. The summed E-state index contributed by atoms with van der Waals surface area (Å²) in [4.78, 5) is 28.8. The molecule has 0 bridgehead atoms. The lowest BCUT2D eigenvalue weighted by molar-refractivity contribution is -0.121. The van der Waals surface area contributed by atoms with Gasteiger partial charge in [-0.1, -0.05) is 6.07 Å². The summed E-state index contributed by atoms with van der Waals surface area (Å²) in [6.07, 6.45) is 4.15. The van der Waals surface area contributed by atoms with Gasteiger partial charge >= 0.3 is 0 Å². The molecule has 138 valence electrons. The number of aryl methyl sites for hydroxylation is 2. The van der Waals surface area contributed by atoms with Crippen LogP contribution in [0.4, 0.5) is 0 Å². The molecule has 0 saturated heterocycles. The molecule has 0 spiro atoms. The van der Waals surface area contributed by atoms with E-state index in [1.54, 1.807) is 17.0 Å². The maximum absolute atomic E-state index is 12.6. The van der Waals surface area contributed by atoms with Crippen LogP contribution >= 0.6 is 11.3 Å². The number of carbonyl (C=O) groups excluding carboxylic acids is 1. The standard InChI is InChI=1S/C18H18N6O2S/c1-2-23-17(26)16-13(7-9-27-16)24-14(21-22-18(23)24)5-6-15(25)20-11-12-4-3-8-19-10-12/h3-4,7-10H,2,5-6,11H2,1H3,(H,20,25). The van der Waals surface area contributed by atoms with Crippen LogP contribution in [0, 0.1) is 0 Å². The smallest absolute Gasteiger partial charge is 0.272 e. The Balaban J connectivity index is 1.55. The van der Waals surface area contributed by atoms with Crippen molar-refractivity contribution in [2.24, 2.45) is 0 Å². The number of nitrogens with zero attached hydrogens (tertiary/aromatic N) is 5. The molecule has 0 aromatic carbocycles. The number of rotatable bonds is 6. The normalized spacial score (nSPS) is 11.3. The maximum atomic E-state index is 12.6. The lowest BCUT2D eigenvalue weighted by atomic mass is 10.2. The number of thiophene rings is 1. The van der Waals surface area contributed by atoms with Gasteiger partial charge in [-0.3, -0.25) is 23.5 Å². The fourth-order valence-electron chi connectivity index (χ4n) is 3.04. The number of pyridine rings is 1. The van der Waals surface area contributed by atoms with Crippen LogP contribution in [0.25, 0.3) is 16.0 Å². The van der Waals surface area contributed by atoms with Gasteiger partial charge < -0.3 is 5.32 Å². The van der Waals surface area contributed by atoms with Gasteiger partial charge in [0.25, 0.3) is 5.56 Å².